The van der Waals surface area contributed by atoms with E-state index in [2.05, 4.69) is 53.8 Å². The van der Waals surface area contributed by atoms with E-state index in [-0.39, 0.29) is 9.41 Å². The second-order valence-corrected chi connectivity index (χ2v) is 3.04. The van der Waals surface area contributed by atoms with Gasteiger partial charge in [-0.1, -0.05) is 17.7 Å². The highest BCUT2D eigenvalue weighted by atomic mass is 127. The molecule has 0 N–H and O–H groups in total. The van der Waals surface area contributed by atoms with Crippen LogP contribution in [0, 0.1) is 10.5 Å². The molecule has 0 heterocycles. The summed E-state index contributed by atoms with van der Waals surface area (Å²) in [5.74, 6) is 0. The molecule has 0 aromatic heterocycles. The van der Waals surface area contributed by atoms with Gasteiger partial charge in [-0.25, -0.2) is 0 Å². The molecular weight excluding hydrogens is 249 g/mol. The van der Waals surface area contributed by atoms with E-state index >= 15 is 0 Å². The third kappa shape index (κ3) is 3.76. The van der Waals surface area contributed by atoms with Gasteiger partial charge < -0.3 is 0 Å². The minimum absolute atomic E-state index is 0. The van der Waals surface area contributed by atoms with Gasteiger partial charge in [0, 0.05) is 3.57 Å². The molecule has 0 radical (unpaired) electrons. The van der Waals surface area contributed by atoms with E-state index in [1.165, 1.54) is 9.13 Å². The van der Waals surface area contributed by atoms with E-state index in [1.54, 1.807) is 0 Å². The molecule has 0 aliphatic carbocycles. The Bertz CT molecular complexity index is 150. The zero-order chi connectivity index (χ0) is 5.98. The van der Waals surface area contributed by atoms with Gasteiger partial charge in [0.1, 0.15) is 0 Å². The van der Waals surface area contributed by atoms with Crippen molar-refractivity contribution in [2.24, 2.45) is 0 Å². The van der Waals surface area contributed by atoms with Crippen molar-refractivity contribution < 1.29 is 9.41 Å². The van der Waals surface area contributed by atoms with Crippen LogP contribution in [0.25, 0.3) is 0 Å². The zero-order valence-corrected chi connectivity index (χ0v) is 7.66. The van der Waals surface area contributed by atoms with Crippen LogP contribution in [0.15, 0.2) is 24.3 Å². The number of hydrogen-bond acceptors (Lipinski definition) is 0. The summed E-state index contributed by atoms with van der Waals surface area (Å²) in [5.41, 5.74) is 1.32. The van der Waals surface area contributed by atoms with Crippen LogP contribution >= 0.6 is 22.6 Å². The van der Waals surface area contributed by atoms with Gasteiger partial charge in [-0.2, -0.15) is 0 Å². The van der Waals surface area contributed by atoms with E-state index in [9.17, 15) is 0 Å². The van der Waals surface area contributed by atoms with Crippen LogP contribution in [0.5, 0.6) is 0 Å². The quantitative estimate of drug-likeness (QED) is 0.627. The molecule has 10 heavy (non-hydrogen) atoms. The summed E-state index contributed by atoms with van der Waals surface area (Å²) < 4.78 is 1.30. The standard InChI is InChI=1S/C7H7I.2FH/c1-6-2-4-7(8)5-3-6;;/h2-5H,1H3;2*1H. The lowest BCUT2D eigenvalue weighted by atomic mass is 10.2. The van der Waals surface area contributed by atoms with Crippen molar-refractivity contribution in [2.75, 3.05) is 0 Å². The molecule has 1 aromatic rings. The summed E-state index contributed by atoms with van der Waals surface area (Å²) in [4.78, 5) is 0. The van der Waals surface area contributed by atoms with Crippen molar-refractivity contribution in [3.05, 3.63) is 33.4 Å². The van der Waals surface area contributed by atoms with Gasteiger partial charge in [-0.15, -0.1) is 0 Å². The van der Waals surface area contributed by atoms with E-state index in [0.29, 0.717) is 0 Å². The lowest BCUT2D eigenvalue weighted by Crippen LogP contribution is -1.69. The van der Waals surface area contributed by atoms with Crippen LogP contribution in [0.4, 0.5) is 9.41 Å². The van der Waals surface area contributed by atoms with Crippen molar-refractivity contribution in [2.45, 2.75) is 6.92 Å². The van der Waals surface area contributed by atoms with Gasteiger partial charge in [0.05, 0.1) is 0 Å². The first kappa shape index (κ1) is 12.5. The van der Waals surface area contributed by atoms with Gasteiger partial charge in [-0.05, 0) is 41.6 Å². The molecule has 0 aliphatic rings. The normalized spacial score (nSPS) is 7.40. The lowest BCUT2D eigenvalue weighted by Gasteiger charge is -1.88. The number of halogens is 3. The Hall–Kier alpha value is -0.190. The molecule has 0 atom stereocenters. The lowest BCUT2D eigenvalue weighted by molar-refractivity contribution is 1.11. The highest BCUT2D eigenvalue weighted by Crippen LogP contribution is 2.04. The minimum atomic E-state index is 0. The molecule has 0 spiro atoms. The highest BCUT2D eigenvalue weighted by Gasteiger charge is 1.81. The molecule has 1 aromatic carbocycles. The molecule has 0 aliphatic heterocycles. The summed E-state index contributed by atoms with van der Waals surface area (Å²) >= 11 is 2.30. The van der Waals surface area contributed by atoms with Crippen LogP contribution in [-0.4, -0.2) is 0 Å². The smallest absolute Gasteiger partial charge is 0.0130 e. The summed E-state index contributed by atoms with van der Waals surface area (Å²) in [6.45, 7) is 2.09. The molecule has 0 amide bonds. The predicted molar refractivity (Wildman–Crippen MR) is 48.9 cm³/mol. The molecule has 0 nitrogen and oxygen atoms in total. The van der Waals surface area contributed by atoms with Gasteiger partial charge in [0.25, 0.3) is 0 Å². The highest BCUT2D eigenvalue weighted by molar-refractivity contribution is 14.1. The molecule has 0 unspecified atom stereocenters. The largest absolute Gasteiger partial charge is 0.269 e. The molecule has 1 rings (SSSR count). The Labute approximate surface area is 72.5 Å². The van der Waals surface area contributed by atoms with Crippen molar-refractivity contribution >= 4 is 22.6 Å². The fourth-order valence-electron chi connectivity index (χ4n) is 0.533. The first-order valence-electron chi connectivity index (χ1n) is 2.51. The van der Waals surface area contributed by atoms with Crippen molar-refractivity contribution in [1.82, 2.24) is 0 Å². The van der Waals surface area contributed by atoms with E-state index in [0.717, 1.165) is 0 Å². The number of rotatable bonds is 0. The maximum absolute atomic E-state index is 2.30. The second-order valence-electron chi connectivity index (χ2n) is 1.80. The fourth-order valence-corrected chi connectivity index (χ4v) is 0.893. The molecule has 0 saturated heterocycles. The number of aryl methyl sites for hydroxylation is 1. The average Bonchev–Trinajstić information content (AvgIpc) is 1.77. The molecule has 0 bridgehead atoms. The molecular formula is C7H9F2I. The Morgan fingerprint density at radius 1 is 1.00 bits per heavy atom. The Morgan fingerprint density at radius 2 is 1.40 bits per heavy atom. The molecule has 3 heteroatoms. The summed E-state index contributed by atoms with van der Waals surface area (Å²) in [5, 5.41) is 0. The Kier molecular flexibility index (Phi) is 6.97. The minimum Gasteiger partial charge on any atom is -0.269 e. The van der Waals surface area contributed by atoms with E-state index in [1.807, 2.05) is 0 Å². The monoisotopic (exact) mass is 258 g/mol. The van der Waals surface area contributed by atoms with Crippen LogP contribution in [0.1, 0.15) is 5.56 Å². The zero-order valence-electron chi connectivity index (χ0n) is 5.50. The third-order valence-corrected chi connectivity index (χ3v) is 1.73. The maximum Gasteiger partial charge on any atom is 0.0130 e. The SMILES string of the molecule is Cc1ccc(I)cc1.F.F. The van der Waals surface area contributed by atoms with Crippen LogP contribution in [0.3, 0.4) is 0 Å². The number of benzene rings is 1. The fraction of sp³-hybridized carbons (Fsp3) is 0.143. The predicted octanol–water partition coefficient (Wildman–Crippen LogP) is 2.90. The summed E-state index contributed by atoms with van der Waals surface area (Å²) in [6.07, 6.45) is 0. The second kappa shape index (κ2) is 5.58. The van der Waals surface area contributed by atoms with Crippen LogP contribution in [-0.2, 0) is 0 Å². The maximum atomic E-state index is 2.30. The first-order valence-corrected chi connectivity index (χ1v) is 3.59. The number of hydrogen-bond donors (Lipinski definition) is 0. The van der Waals surface area contributed by atoms with Gasteiger partial charge >= 0.3 is 0 Å². The first-order chi connectivity index (χ1) is 3.79. The van der Waals surface area contributed by atoms with E-state index < -0.39 is 0 Å². The third-order valence-electron chi connectivity index (χ3n) is 1.01. The molecule has 0 saturated carbocycles. The van der Waals surface area contributed by atoms with Gasteiger partial charge in [0.15, 0.2) is 0 Å². The van der Waals surface area contributed by atoms with Crippen molar-refractivity contribution in [3.63, 3.8) is 0 Å². The average molecular weight is 258 g/mol. The topological polar surface area (TPSA) is 0 Å². The summed E-state index contributed by atoms with van der Waals surface area (Å²) in [7, 11) is 0. The van der Waals surface area contributed by atoms with Crippen molar-refractivity contribution in [1.29, 1.82) is 0 Å². The van der Waals surface area contributed by atoms with Crippen LogP contribution in [0.2, 0.25) is 0 Å². The summed E-state index contributed by atoms with van der Waals surface area (Å²) in [6, 6.07) is 8.44. The Balaban J connectivity index is 0. The molecule has 58 valence electrons. The molecule has 0 fully saturated rings. The van der Waals surface area contributed by atoms with Crippen LogP contribution < -0.4 is 0 Å². The van der Waals surface area contributed by atoms with Gasteiger partial charge in [0.2, 0.25) is 0 Å². The van der Waals surface area contributed by atoms with Crippen molar-refractivity contribution in [3.8, 4) is 0 Å². The Morgan fingerprint density at radius 3 is 1.70 bits per heavy atom. The van der Waals surface area contributed by atoms with Gasteiger partial charge in [-0.3, -0.25) is 9.41 Å². The van der Waals surface area contributed by atoms with E-state index in [4.69, 9.17) is 0 Å².